The van der Waals surface area contributed by atoms with Crippen molar-refractivity contribution in [2.24, 2.45) is 11.8 Å². The van der Waals surface area contributed by atoms with Gasteiger partial charge in [-0.3, -0.25) is 0 Å². The van der Waals surface area contributed by atoms with Gasteiger partial charge in [-0.25, -0.2) is 0 Å². The van der Waals surface area contributed by atoms with E-state index in [-0.39, 0.29) is 0 Å². The first-order valence-electron chi connectivity index (χ1n) is 8.57. The molecule has 0 spiro atoms. The van der Waals surface area contributed by atoms with E-state index < -0.39 is 0 Å². The zero-order chi connectivity index (χ0) is 17.8. The molecule has 2 aromatic rings. The normalized spacial score (nSPS) is 20.6. The van der Waals surface area contributed by atoms with Crippen molar-refractivity contribution < 1.29 is 9.15 Å². The Morgan fingerprint density at radius 2 is 2.04 bits per heavy atom. The van der Waals surface area contributed by atoms with Crippen LogP contribution in [0.4, 0.5) is 5.88 Å². The van der Waals surface area contributed by atoms with Gasteiger partial charge in [-0.05, 0) is 42.0 Å². The van der Waals surface area contributed by atoms with Crippen molar-refractivity contribution in [2.45, 2.75) is 20.3 Å². The number of nitriles is 1. The Kier molecular flexibility index (Phi) is 5.08. The summed E-state index contributed by atoms with van der Waals surface area (Å²) in [5, 5.41) is 9.41. The summed E-state index contributed by atoms with van der Waals surface area (Å²) in [7, 11) is 1.64. The number of piperidine rings is 1. The Hall–Kier alpha value is -2.74. The minimum Gasteiger partial charge on any atom is -0.497 e. The maximum Gasteiger partial charge on any atom is 0.235 e. The standard InChI is InChI=1S/C20H23N3O2/c1-14-9-15(2)13-23(12-14)20-18(11-21)22-19(25-20)8-7-16-5-4-6-17(10-16)24-3/h4-8,10,14-15H,9,12-13H2,1-3H3/b8-7+. The molecule has 0 bridgehead atoms. The molecule has 1 saturated heterocycles. The van der Waals surface area contributed by atoms with E-state index in [9.17, 15) is 5.26 Å². The van der Waals surface area contributed by atoms with Gasteiger partial charge in [-0.2, -0.15) is 10.2 Å². The van der Waals surface area contributed by atoms with Gasteiger partial charge in [0.15, 0.2) is 0 Å². The number of hydrogen-bond acceptors (Lipinski definition) is 5. The van der Waals surface area contributed by atoms with Crippen molar-refractivity contribution in [2.75, 3.05) is 25.1 Å². The predicted octanol–water partition coefficient (Wildman–Crippen LogP) is 4.21. The van der Waals surface area contributed by atoms with Crippen LogP contribution < -0.4 is 9.64 Å². The summed E-state index contributed by atoms with van der Waals surface area (Å²) in [6.07, 6.45) is 4.89. The summed E-state index contributed by atoms with van der Waals surface area (Å²) in [5.74, 6) is 2.99. The summed E-state index contributed by atoms with van der Waals surface area (Å²) < 4.78 is 11.1. The lowest BCUT2D eigenvalue weighted by Gasteiger charge is -2.34. The van der Waals surface area contributed by atoms with Gasteiger partial charge in [0, 0.05) is 19.2 Å². The maximum absolute atomic E-state index is 9.41. The van der Waals surface area contributed by atoms with E-state index in [0.29, 0.717) is 29.3 Å². The molecule has 2 unspecified atom stereocenters. The number of aromatic nitrogens is 1. The Labute approximate surface area is 148 Å². The van der Waals surface area contributed by atoms with Crippen LogP contribution in [0.1, 0.15) is 37.4 Å². The van der Waals surface area contributed by atoms with Crippen LogP contribution in [-0.4, -0.2) is 25.2 Å². The molecule has 0 saturated carbocycles. The van der Waals surface area contributed by atoms with Crippen molar-refractivity contribution >= 4 is 18.0 Å². The van der Waals surface area contributed by atoms with Gasteiger partial charge in [0.25, 0.3) is 0 Å². The maximum atomic E-state index is 9.41. The minimum absolute atomic E-state index is 0.353. The molecule has 5 nitrogen and oxygen atoms in total. The van der Waals surface area contributed by atoms with Crippen LogP contribution in [0.15, 0.2) is 28.7 Å². The smallest absolute Gasteiger partial charge is 0.235 e. The van der Waals surface area contributed by atoms with Crippen LogP contribution in [0, 0.1) is 23.2 Å². The third kappa shape index (κ3) is 4.03. The third-order valence-corrected chi connectivity index (χ3v) is 4.40. The molecule has 2 heterocycles. The topological polar surface area (TPSA) is 62.3 Å². The summed E-state index contributed by atoms with van der Waals surface area (Å²) in [5.41, 5.74) is 1.34. The first kappa shape index (κ1) is 17.1. The molecule has 1 fully saturated rings. The molecule has 0 radical (unpaired) electrons. The quantitative estimate of drug-likeness (QED) is 0.836. The average molecular weight is 337 g/mol. The predicted molar refractivity (Wildman–Crippen MR) is 98.3 cm³/mol. The molecule has 1 aromatic carbocycles. The molecule has 0 aliphatic carbocycles. The van der Waals surface area contributed by atoms with Crippen molar-refractivity contribution in [3.8, 4) is 11.8 Å². The van der Waals surface area contributed by atoms with E-state index in [1.54, 1.807) is 13.2 Å². The van der Waals surface area contributed by atoms with Crippen molar-refractivity contribution in [3.63, 3.8) is 0 Å². The van der Waals surface area contributed by atoms with E-state index in [0.717, 1.165) is 24.4 Å². The molecule has 3 rings (SSSR count). The Balaban J connectivity index is 1.83. The van der Waals surface area contributed by atoms with Gasteiger partial charge in [0.05, 0.1) is 7.11 Å². The second-order valence-corrected chi connectivity index (χ2v) is 6.78. The van der Waals surface area contributed by atoms with E-state index in [2.05, 4.69) is 29.8 Å². The van der Waals surface area contributed by atoms with E-state index in [4.69, 9.17) is 9.15 Å². The van der Waals surface area contributed by atoms with Crippen molar-refractivity contribution in [1.82, 2.24) is 4.98 Å². The van der Waals surface area contributed by atoms with Gasteiger partial charge in [0.1, 0.15) is 11.8 Å². The van der Waals surface area contributed by atoms with Crippen LogP contribution in [0.3, 0.4) is 0 Å². The van der Waals surface area contributed by atoms with E-state index in [1.807, 2.05) is 30.3 Å². The number of ether oxygens (including phenoxy) is 1. The first-order chi connectivity index (χ1) is 12.1. The second-order valence-electron chi connectivity index (χ2n) is 6.78. The van der Waals surface area contributed by atoms with Gasteiger partial charge in [-0.1, -0.05) is 26.0 Å². The zero-order valence-electron chi connectivity index (χ0n) is 14.9. The third-order valence-electron chi connectivity index (χ3n) is 4.40. The number of nitrogens with zero attached hydrogens (tertiary/aromatic N) is 3. The van der Waals surface area contributed by atoms with Crippen LogP contribution in [0.5, 0.6) is 5.75 Å². The molecule has 0 amide bonds. The molecule has 25 heavy (non-hydrogen) atoms. The van der Waals surface area contributed by atoms with Crippen LogP contribution in [0.25, 0.3) is 12.2 Å². The lowest BCUT2D eigenvalue weighted by molar-refractivity contribution is 0.342. The number of rotatable bonds is 4. The van der Waals surface area contributed by atoms with Crippen LogP contribution >= 0.6 is 0 Å². The molecule has 5 heteroatoms. The largest absolute Gasteiger partial charge is 0.497 e. The highest BCUT2D eigenvalue weighted by Gasteiger charge is 2.27. The number of hydrogen-bond donors (Lipinski definition) is 0. The lowest BCUT2D eigenvalue weighted by Crippen LogP contribution is -2.38. The summed E-state index contributed by atoms with van der Waals surface area (Å²) in [4.78, 5) is 6.47. The van der Waals surface area contributed by atoms with Crippen LogP contribution in [-0.2, 0) is 0 Å². The van der Waals surface area contributed by atoms with Gasteiger partial charge in [-0.15, -0.1) is 0 Å². The van der Waals surface area contributed by atoms with Crippen molar-refractivity contribution in [3.05, 3.63) is 41.4 Å². The zero-order valence-corrected chi connectivity index (χ0v) is 14.9. The fourth-order valence-electron chi connectivity index (χ4n) is 3.43. The summed E-state index contributed by atoms with van der Waals surface area (Å²) in [6, 6.07) is 9.89. The number of oxazole rings is 1. The summed E-state index contributed by atoms with van der Waals surface area (Å²) >= 11 is 0. The van der Waals surface area contributed by atoms with E-state index in [1.165, 1.54) is 6.42 Å². The second kappa shape index (κ2) is 7.43. The Morgan fingerprint density at radius 3 is 2.72 bits per heavy atom. The monoisotopic (exact) mass is 337 g/mol. The molecule has 2 atom stereocenters. The molecular weight excluding hydrogens is 314 g/mol. The highest BCUT2D eigenvalue weighted by molar-refractivity contribution is 5.68. The Bertz CT molecular complexity index is 794. The highest BCUT2D eigenvalue weighted by Crippen LogP contribution is 2.30. The molecule has 1 aromatic heterocycles. The molecule has 1 aliphatic heterocycles. The molecule has 0 N–H and O–H groups in total. The van der Waals surface area contributed by atoms with Gasteiger partial charge in [0.2, 0.25) is 17.5 Å². The highest BCUT2D eigenvalue weighted by atomic mass is 16.5. The average Bonchev–Trinajstić information content (AvgIpc) is 3.03. The SMILES string of the molecule is COc1cccc(/C=C/c2nc(C#N)c(N3CC(C)CC(C)C3)o2)c1. The number of benzene rings is 1. The van der Waals surface area contributed by atoms with Gasteiger partial charge < -0.3 is 14.1 Å². The lowest BCUT2D eigenvalue weighted by atomic mass is 9.92. The Morgan fingerprint density at radius 1 is 1.28 bits per heavy atom. The van der Waals surface area contributed by atoms with E-state index >= 15 is 0 Å². The minimum atomic E-state index is 0.353. The molecular formula is C20H23N3O2. The molecule has 1 aliphatic rings. The fraction of sp³-hybridized carbons (Fsp3) is 0.400. The van der Waals surface area contributed by atoms with Crippen molar-refractivity contribution in [1.29, 1.82) is 5.26 Å². The number of anilines is 1. The fourth-order valence-corrected chi connectivity index (χ4v) is 3.43. The molecule has 130 valence electrons. The van der Waals surface area contributed by atoms with Gasteiger partial charge >= 0.3 is 0 Å². The first-order valence-corrected chi connectivity index (χ1v) is 8.57. The summed E-state index contributed by atoms with van der Waals surface area (Å²) in [6.45, 7) is 6.25. The number of methoxy groups -OCH3 is 1. The van der Waals surface area contributed by atoms with Crippen LogP contribution in [0.2, 0.25) is 0 Å².